The molecule has 12 nitrogen and oxygen atoms in total. The molecule has 1 rings (SSSR count). The standard InChI is InChI=1S/C19H32N4O8/c1-4-9(2)14(20)17(28)22-15(10(3)24)18(29)23-7-5-6-12(23)16(27)21-11(19(30)31)8-13(25)26/h9-12,14-15,24H,4-8,20H2,1-3H3,(H,21,27)(H,22,28)(H,25,26)(H,30,31)/t9-,10+,11-,12-,14-,15-/m0/s1. The maximum absolute atomic E-state index is 13.0. The zero-order valence-electron chi connectivity index (χ0n) is 17.9. The van der Waals surface area contributed by atoms with E-state index in [0.717, 1.165) is 4.90 Å². The SMILES string of the molecule is CC[C@H](C)[C@H](N)C(=O)N[C@H](C(=O)N1CCC[C@H]1C(=O)N[C@@H](CC(=O)O)C(=O)O)[C@@H](C)O. The smallest absolute Gasteiger partial charge is 0.326 e. The van der Waals surface area contributed by atoms with E-state index in [4.69, 9.17) is 15.9 Å². The molecule has 0 aromatic rings. The molecule has 0 aromatic heterocycles. The normalized spacial score (nSPS) is 20.8. The number of rotatable bonds is 11. The minimum Gasteiger partial charge on any atom is -0.481 e. The maximum Gasteiger partial charge on any atom is 0.326 e. The monoisotopic (exact) mass is 444 g/mol. The topological polar surface area (TPSA) is 199 Å². The molecule has 3 amide bonds. The largest absolute Gasteiger partial charge is 0.481 e. The van der Waals surface area contributed by atoms with E-state index in [1.165, 1.54) is 6.92 Å². The Bertz CT molecular complexity index is 698. The van der Waals surface area contributed by atoms with Gasteiger partial charge in [-0.1, -0.05) is 20.3 Å². The highest BCUT2D eigenvalue weighted by Crippen LogP contribution is 2.20. The van der Waals surface area contributed by atoms with Gasteiger partial charge in [0.2, 0.25) is 17.7 Å². The van der Waals surface area contributed by atoms with Crippen LogP contribution in [0.2, 0.25) is 0 Å². The van der Waals surface area contributed by atoms with Gasteiger partial charge in [0.05, 0.1) is 18.6 Å². The van der Waals surface area contributed by atoms with E-state index in [1.54, 1.807) is 6.92 Å². The molecular formula is C19H32N4O8. The average molecular weight is 444 g/mol. The number of nitrogens with two attached hydrogens (primary N) is 1. The Morgan fingerprint density at radius 1 is 1.13 bits per heavy atom. The van der Waals surface area contributed by atoms with Crippen LogP contribution in [0.1, 0.15) is 46.5 Å². The first-order valence-electron chi connectivity index (χ1n) is 10.2. The van der Waals surface area contributed by atoms with E-state index >= 15 is 0 Å². The molecule has 0 aliphatic carbocycles. The van der Waals surface area contributed by atoms with Crippen LogP contribution in [-0.2, 0) is 24.0 Å². The van der Waals surface area contributed by atoms with Crippen molar-refractivity contribution in [1.29, 1.82) is 0 Å². The maximum atomic E-state index is 13.0. The Morgan fingerprint density at radius 2 is 1.74 bits per heavy atom. The van der Waals surface area contributed by atoms with E-state index in [1.807, 2.05) is 6.92 Å². The van der Waals surface area contributed by atoms with Crippen LogP contribution in [0.15, 0.2) is 0 Å². The van der Waals surface area contributed by atoms with Crippen molar-refractivity contribution in [2.75, 3.05) is 6.54 Å². The lowest BCUT2D eigenvalue weighted by molar-refractivity contribution is -0.149. The van der Waals surface area contributed by atoms with E-state index in [2.05, 4.69) is 10.6 Å². The first-order chi connectivity index (χ1) is 14.4. The van der Waals surface area contributed by atoms with Gasteiger partial charge in [0.15, 0.2) is 0 Å². The van der Waals surface area contributed by atoms with Crippen LogP contribution in [0.4, 0.5) is 0 Å². The summed E-state index contributed by atoms with van der Waals surface area (Å²) < 4.78 is 0. The van der Waals surface area contributed by atoms with E-state index < -0.39 is 66.4 Å². The molecule has 0 unspecified atom stereocenters. The number of aliphatic hydroxyl groups excluding tert-OH is 1. The molecular weight excluding hydrogens is 412 g/mol. The molecule has 0 radical (unpaired) electrons. The summed E-state index contributed by atoms with van der Waals surface area (Å²) in [6.45, 7) is 5.11. The number of likely N-dealkylation sites (tertiary alicyclic amines) is 1. The van der Waals surface area contributed by atoms with E-state index in [9.17, 15) is 29.1 Å². The van der Waals surface area contributed by atoms with Crippen LogP contribution in [0.3, 0.4) is 0 Å². The second-order valence-electron chi connectivity index (χ2n) is 7.83. The van der Waals surface area contributed by atoms with Gasteiger partial charge in [-0.25, -0.2) is 4.79 Å². The Hall–Kier alpha value is -2.73. The Morgan fingerprint density at radius 3 is 2.23 bits per heavy atom. The number of carbonyl (C=O) groups excluding carboxylic acids is 3. The number of carboxylic acids is 2. The van der Waals surface area contributed by atoms with E-state index in [0.29, 0.717) is 12.8 Å². The Balaban J connectivity index is 2.94. The van der Waals surface area contributed by atoms with Gasteiger partial charge in [-0.15, -0.1) is 0 Å². The fourth-order valence-corrected chi connectivity index (χ4v) is 3.27. The van der Waals surface area contributed by atoms with Crippen molar-refractivity contribution < 1.29 is 39.3 Å². The van der Waals surface area contributed by atoms with Crippen LogP contribution in [0.25, 0.3) is 0 Å². The van der Waals surface area contributed by atoms with Crippen molar-refractivity contribution in [3.63, 3.8) is 0 Å². The molecule has 1 fully saturated rings. The number of hydrogen-bond donors (Lipinski definition) is 6. The lowest BCUT2D eigenvalue weighted by atomic mass is 9.98. The molecule has 1 aliphatic heterocycles. The number of nitrogens with zero attached hydrogens (tertiary/aromatic N) is 1. The molecule has 31 heavy (non-hydrogen) atoms. The second kappa shape index (κ2) is 11.6. The van der Waals surface area contributed by atoms with Gasteiger partial charge < -0.3 is 36.6 Å². The molecule has 12 heteroatoms. The van der Waals surface area contributed by atoms with Crippen LogP contribution in [-0.4, -0.2) is 86.7 Å². The van der Waals surface area contributed by atoms with Crippen molar-refractivity contribution in [3.05, 3.63) is 0 Å². The minimum absolute atomic E-state index is 0.155. The molecule has 1 saturated heterocycles. The summed E-state index contributed by atoms with van der Waals surface area (Å²) in [7, 11) is 0. The Labute approximate surface area is 180 Å². The molecule has 0 saturated carbocycles. The molecule has 176 valence electrons. The second-order valence-corrected chi connectivity index (χ2v) is 7.83. The summed E-state index contributed by atoms with van der Waals surface area (Å²) in [6.07, 6.45) is -0.792. The van der Waals surface area contributed by atoms with Crippen molar-refractivity contribution in [2.24, 2.45) is 11.7 Å². The number of amides is 3. The fourth-order valence-electron chi connectivity index (χ4n) is 3.27. The van der Waals surface area contributed by atoms with Crippen molar-refractivity contribution in [3.8, 4) is 0 Å². The number of nitrogens with one attached hydrogen (secondary N) is 2. The zero-order chi connectivity index (χ0) is 23.9. The van der Waals surface area contributed by atoms with Crippen LogP contribution >= 0.6 is 0 Å². The summed E-state index contributed by atoms with van der Waals surface area (Å²) in [5.74, 6) is -5.20. The summed E-state index contributed by atoms with van der Waals surface area (Å²) in [4.78, 5) is 61.2. The summed E-state index contributed by atoms with van der Waals surface area (Å²) in [5.41, 5.74) is 5.89. The molecule has 0 bridgehead atoms. The summed E-state index contributed by atoms with van der Waals surface area (Å²) in [5, 5.41) is 32.6. The van der Waals surface area contributed by atoms with Gasteiger partial charge in [0, 0.05) is 6.54 Å². The third-order valence-electron chi connectivity index (χ3n) is 5.44. The van der Waals surface area contributed by atoms with Crippen molar-refractivity contribution >= 4 is 29.7 Å². The first kappa shape index (κ1) is 26.3. The van der Waals surface area contributed by atoms with E-state index in [-0.39, 0.29) is 18.9 Å². The molecule has 1 aliphatic rings. The third kappa shape index (κ3) is 7.17. The summed E-state index contributed by atoms with van der Waals surface area (Å²) >= 11 is 0. The quantitative estimate of drug-likeness (QED) is 0.214. The molecule has 0 aromatic carbocycles. The van der Waals surface area contributed by atoms with Crippen molar-refractivity contribution in [1.82, 2.24) is 15.5 Å². The van der Waals surface area contributed by atoms with Crippen LogP contribution in [0, 0.1) is 5.92 Å². The predicted octanol–water partition coefficient (Wildman–Crippen LogP) is -1.74. The average Bonchev–Trinajstić information content (AvgIpc) is 3.18. The summed E-state index contributed by atoms with van der Waals surface area (Å²) in [6, 6.07) is -4.93. The number of carbonyl (C=O) groups is 5. The lowest BCUT2D eigenvalue weighted by Gasteiger charge is -2.31. The first-order valence-corrected chi connectivity index (χ1v) is 10.2. The lowest BCUT2D eigenvalue weighted by Crippen LogP contribution is -2.60. The number of carboxylic acid groups (broad SMARTS) is 2. The van der Waals surface area contributed by atoms with Gasteiger partial charge in [-0.2, -0.15) is 0 Å². The fraction of sp³-hybridized carbons (Fsp3) is 0.737. The van der Waals surface area contributed by atoms with Gasteiger partial charge in [0.1, 0.15) is 18.1 Å². The number of aliphatic carboxylic acids is 2. The molecule has 0 spiro atoms. The number of hydrogen-bond acceptors (Lipinski definition) is 7. The molecule has 6 atom stereocenters. The van der Waals surface area contributed by atoms with Gasteiger partial charge >= 0.3 is 11.9 Å². The van der Waals surface area contributed by atoms with Crippen LogP contribution < -0.4 is 16.4 Å². The van der Waals surface area contributed by atoms with Gasteiger partial charge in [-0.3, -0.25) is 19.2 Å². The highest BCUT2D eigenvalue weighted by molar-refractivity contribution is 5.95. The van der Waals surface area contributed by atoms with Crippen LogP contribution in [0.5, 0.6) is 0 Å². The highest BCUT2D eigenvalue weighted by Gasteiger charge is 2.40. The third-order valence-corrected chi connectivity index (χ3v) is 5.44. The predicted molar refractivity (Wildman–Crippen MR) is 108 cm³/mol. The molecule has 7 N–H and O–H groups in total. The minimum atomic E-state index is -1.65. The van der Waals surface area contributed by atoms with Gasteiger partial charge in [0.25, 0.3) is 0 Å². The highest BCUT2D eigenvalue weighted by atomic mass is 16.4. The Kier molecular flexibility index (Phi) is 9.85. The number of aliphatic hydroxyl groups is 1. The van der Waals surface area contributed by atoms with Gasteiger partial charge in [-0.05, 0) is 25.7 Å². The van der Waals surface area contributed by atoms with Crippen molar-refractivity contribution in [2.45, 2.75) is 76.7 Å². The molecule has 1 heterocycles. The zero-order valence-corrected chi connectivity index (χ0v) is 17.9.